The number of hydrogen-bond donors (Lipinski definition) is 2. The van der Waals surface area contributed by atoms with E-state index in [-0.39, 0.29) is 5.56 Å². The molecule has 0 amide bonds. The van der Waals surface area contributed by atoms with Crippen LogP contribution in [0.25, 0.3) is 10.9 Å². The molecule has 0 saturated heterocycles. The molecule has 0 saturated carbocycles. The molecular weight excluding hydrogens is 378 g/mol. The number of hydrogen-bond acceptors (Lipinski definition) is 2. The van der Waals surface area contributed by atoms with E-state index in [1.807, 2.05) is 37.3 Å². The molecule has 0 bridgehead atoms. The first kappa shape index (κ1) is 21.1. The second kappa shape index (κ2) is 9.23. The van der Waals surface area contributed by atoms with Crippen molar-refractivity contribution in [1.82, 2.24) is 15.2 Å². The van der Waals surface area contributed by atoms with Crippen molar-refractivity contribution in [2.45, 2.75) is 40.8 Å². The average molecular weight is 408 g/mol. The molecule has 1 heterocycles. The van der Waals surface area contributed by atoms with Gasteiger partial charge in [-0.2, -0.15) is 0 Å². The third-order valence-corrected chi connectivity index (χ3v) is 5.32. The fraction of sp³-hybridized carbons (Fsp3) is 0.333. The average Bonchev–Trinajstić information content (AvgIpc) is 2.67. The Morgan fingerprint density at radius 2 is 1.83 bits per heavy atom. The molecule has 2 aromatic carbocycles. The molecule has 2 N–H and O–H groups in total. The zero-order valence-corrected chi connectivity index (χ0v) is 18.4. The molecule has 1 aromatic heterocycles. The number of H-pyrrole nitrogens is 1. The van der Waals surface area contributed by atoms with E-state index in [4.69, 9.17) is 12.2 Å². The molecule has 4 nitrogen and oxygen atoms in total. The molecule has 0 fully saturated rings. The second-order valence-electron chi connectivity index (χ2n) is 8.09. The monoisotopic (exact) mass is 407 g/mol. The number of aromatic amines is 1. The van der Waals surface area contributed by atoms with Gasteiger partial charge in [0.05, 0.1) is 6.54 Å². The number of pyridine rings is 1. The topological polar surface area (TPSA) is 48.1 Å². The number of benzene rings is 2. The van der Waals surface area contributed by atoms with Gasteiger partial charge in [0.2, 0.25) is 0 Å². The van der Waals surface area contributed by atoms with E-state index in [2.05, 4.69) is 54.2 Å². The zero-order chi connectivity index (χ0) is 21.0. The highest BCUT2D eigenvalue weighted by atomic mass is 32.1. The molecule has 152 valence electrons. The Morgan fingerprint density at radius 3 is 2.52 bits per heavy atom. The SMILES string of the molecule is Cc1cc(C)c2cc(CN(Cc3ccccc3)C(=S)NCC(C)C)c(=O)[nH]c2c1. The summed E-state index contributed by atoms with van der Waals surface area (Å²) in [6.45, 7) is 10.3. The molecule has 0 spiro atoms. The highest BCUT2D eigenvalue weighted by molar-refractivity contribution is 7.80. The molecule has 0 atom stereocenters. The van der Waals surface area contributed by atoms with Gasteiger partial charge in [0, 0.05) is 29.6 Å². The minimum Gasteiger partial charge on any atom is -0.362 e. The summed E-state index contributed by atoms with van der Waals surface area (Å²) >= 11 is 5.68. The summed E-state index contributed by atoms with van der Waals surface area (Å²) in [4.78, 5) is 17.9. The van der Waals surface area contributed by atoms with Gasteiger partial charge in [-0.25, -0.2) is 0 Å². The van der Waals surface area contributed by atoms with Crippen LogP contribution < -0.4 is 10.9 Å². The number of thiocarbonyl (C=S) groups is 1. The summed E-state index contributed by atoms with van der Waals surface area (Å²) in [5.74, 6) is 0.487. The first-order chi connectivity index (χ1) is 13.8. The van der Waals surface area contributed by atoms with Crippen LogP contribution >= 0.6 is 12.2 Å². The maximum absolute atomic E-state index is 12.8. The van der Waals surface area contributed by atoms with Crippen molar-refractivity contribution in [3.05, 3.63) is 81.1 Å². The molecule has 0 aliphatic heterocycles. The first-order valence-electron chi connectivity index (χ1n) is 10.0. The van der Waals surface area contributed by atoms with E-state index in [1.54, 1.807) is 0 Å². The maximum Gasteiger partial charge on any atom is 0.253 e. The molecule has 29 heavy (non-hydrogen) atoms. The Hall–Kier alpha value is -2.66. The van der Waals surface area contributed by atoms with Gasteiger partial charge in [-0.3, -0.25) is 4.79 Å². The van der Waals surface area contributed by atoms with Gasteiger partial charge < -0.3 is 15.2 Å². The predicted octanol–water partition coefficient (Wildman–Crippen LogP) is 4.68. The molecule has 3 aromatic rings. The standard InChI is InChI=1S/C24H29N3OS/c1-16(2)13-25-24(29)27(14-19-8-6-5-7-9-19)15-20-12-21-18(4)10-17(3)11-22(21)26-23(20)28/h5-12,16H,13-15H2,1-4H3,(H,25,29)(H,26,28). The lowest BCUT2D eigenvalue weighted by atomic mass is 10.0. The highest BCUT2D eigenvalue weighted by Crippen LogP contribution is 2.19. The van der Waals surface area contributed by atoms with Crippen molar-refractivity contribution in [2.24, 2.45) is 5.92 Å². The molecule has 0 radical (unpaired) electrons. The summed E-state index contributed by atoms with van der Waals surface area (Å²) in [7, 11) is 0. The lowest BCUT2D eigenvalue weighted by Gasteiger charge is -2.26. The third kappa shape index (κ3) is 5.45. The first-order valence-corrected chi connectivity index (χ1v) is 10.4. The number of nitrogens with zero attached hydrogens (tertiary/aromatic N) is 1. The van der Waals surface area contributed by atoms with Crippen LogP contribution in [-0.4, -0.2) is 21.5 Å². The van der Waals surface area contributed by atoms with E-state index in [0.717, 1.165) is 34.1 Å². The fourth-order valence-electron chi connectivity index (χ4n) is 3.45. The Labute approximate surface area is 178 Å². The van der Waals surface area contributed by atoms with Gasteiger partial charge in [0.1, 0.15) is 0 Å². The van der Waals surface area contributed by atoms with E-state index < -0.39 is 0 Å². The van der Waals surface area contributed by atoms with Crippen LogP contribution in [0.5, 0.6) is 0 Å². The van der Waals surface area contributed by atoms with Gasteiger partial charge in [-0.05, 0) is 60.8 Å². The van der Waals surface area contributed by atoms with Crippen LogP contribution in [0.1, 0.15) is 36.1 Å². The van der Waals surface area contributed by atoms with Gasteiger partial charge in [-0.15, -0.1) is 0 Å². The van der Waals surface area contributed by atoms with Crippen molar-refractivity contribution in [1.29, 1.82) is 0 Å². The minimum absolute atomic E-state index is 0.0628. The quantitative estimate of drug-likeness (QED) is 0.583. The van der Waals surface area contributed by atoms with Gasteiger partial charge in [-0.1, -0.05) is 50.2 Å². The summed E-state index contributed by atoms with van der Waals surface area (Å²) in [5.41, 5.74) is 4.99. The van der Waals surface area contributed by atoms with Crippen molar-refractivity contribution in [3.8, 4) is 0 Å². The van der Waals surface area contributed by atoms with E-state index in [1.165, 1.54) is 0 Å². The summed E-state index contributed by atoms with van der Waals surface area (Å²) in [6, 6.07) is 16.4. The summed E-state index contributed by atoms with van der Waals surface area (Å²) in [5, 5.41) is 5.09. The lowest BCUT2D eigenvalue weighted by Crippen LogP contribution is -2.41. The predicted molar refractivity (Wildman–Crippen MR) is 125 cm³/mol. The number of nitrogens with one attached hydrogen (secondary N) is 2. The van der Waals surface area contributed by atoms with Crippen LogP contribution in [-0.2, 0) is 13.1 Å². The lowest BCUT2D eigenvalue weighted by molar-refractivity contribution is 0.394. The van der Waals surface area contributed by atoms with E-state index in [0.29, 0.717) is 29.7 Å². The maximum atomic E-state index is 12.8. The smallest absolute Gasteiger partial charge is 0.253 e. The number of rotatable bonds is 6. The number of aromatic nitrogens is 1. The Kier molecular flexibility index (Phi) is 6.70. The largest absolute Gasteiger partial charge is 0.362 e. The van der Waals surface area contributed by atoms with Crippen LogP contribution in [0.3, 0.4) is 0 Å². The normalized spacial score (nSPS) is 11.1. The van der Waals surface area contributed by atoms with Gasteiger partial charge in [0.25, 0.3) is 5.56 Å². The van der Waals surface area contributed by atoms with Crippen molar-refractivity contribution < 1.29 is 0 Å². The van der Waals surface area contributed by atoms with Crippen molar-refractivity contribution in [3.63, 3.8) is 0 Å². The van der Waals surface area contributed by atoms with Crippen molar-refractivity contribution in [2.75, 3.05) is 6.54 Å². The third-order valence-electron chi connectivity index (χ3n) is 4.92. The molecule has 0 unspecified atom stereocenters. The van der Waals surface area contributed by atoms with Crippen LogP contribution in [0, 0.1) is 19.8 Å². The summed E-state index contributed by atoms with van der Waals surface area (Å²) < 4.78 is 0. The van der Waals surface area contributed by atoms with Gasteiger partial charge in [0.15, 0.2) is 5.11 Å². The Balaban J connectivity index is 1.92. The van der Waals surface area contributed by atoms with Crippen LogP contribution in [0.4, 0.5) is 0 Å². The van der Waals surface area contributed by atoms with Crippen LogP contribution in [0.15, 0.2) is 53.3 Å². The zero-order valence-electron chi connectivity index (χ0n) is 17.6. The van der Waals surface area contributed by atoms with Gasteiger partial charge >= 0.3 is 0 Å². The Bertz CT molecular complexity index is 1060. The second-order valence-corrected chi connectivity index (χ2v) is 8.48. The Morgan fingerprint density at radius 1 is 1.10 bits per heavy atom. The number of fused-ring (bicyclic) bond motifs is 1. The van der Waals surface area contributed by atoms with E-state index >= 15 is 0 Å². The van der Waals surface area contributed by atoms with E-state index in [9.17, 15) is 4.79 Å². The summed E-state index contributed by atoms with van der Waals surface area (Å²) in [6.07, 6.45) is 0. The molecule has 5 heteroatoms. The minimum atomic E-state index is -0.0628. The number of aryl methyl sites for hydroxylation is 2. The molecule has 0 aliphatic carbocycles. The molecular formula is C24H29N3OS. The van der Waals surface area contributed by atoms with Crippen LogP contribution in [0.2, 0.25) is 0 Å². The highest BCUT2D eigenvalue weighted by Gasteiger charge is 2.15. The van der Waals surface area contributed by atoms with Crippen molar-refractivity contribution >= 4 is 28.2 Å². The fourth-order valence-corrected chi connectivity index (χ4v) is 3.66. The molecule has 0 aliphatic rings. The molecule has 3 rings (SSSR count).